The predicted octanol–water partition coefficient (Wildman–Crippen LogP) is 2.93. The molecule has 1 aliphatic heterocycles. The number of thiophene rings is 1. The monoisotopic (exact) mass is 360 g/mol. The lowest BCUT2D eigenvalue weighted by atomic mass is 10.2. The Bertz CT molecular complexity index is 280. The molecule has 0 spiro atoms. The number of nitrogens with one attached hydrogen (secondary N) is 2. The third-order valence-corrected chi connectivity index (χ3v) is 5.42. The average Bonchev–Trinajstić information content (AvgIpc) is 2.49. The molecule has 1 aromatic heterocycles. The summed E-state index contributed by atoms with van der Waals surface area (Å²) in [6, 6.07) is 2.65. The molecular formula is C8H11Br2ClN2S. The second-order valence-electron chi connectivity index (χ2n) is 2.98. The Kier molecular flexibility index (Phi) is 5.38. The van der Waals surface area contributed by atoms with Gasteiger partial charge in [0.05, 0.1) is 9.83 Å². The molecule has 1 aliphatic rings. The molecular weight excluding hydrogens is 351 g/mol. The Morgan fingerprint density at radius 2 is 2.14 bits per heavy atom. The van der Waals surface area contributed by atoms with Crippen molar-refractivity contribution >= 4 is 55.6 Å². The van der Waals surface area contributed by atoms with Gasteiger partial charge in [0.25, 0.3) is 0 Å². The lowest BCUT2D eigenvalue weighted by Gasteiger charge is -2.23. The molecule has 0 unspecified atom stereocenters. The zero-order valence-corrected chi connectivity index (χ0v) is 12.2. The normalized spacial score (nSPS) is 21.7. The summed E-state index contributed by atoms with van der Waals surface area (Å²) in [4.78, 5) is 1.38. The molecule has 2 nitrogen and oxygen atoms in total. The fourth-order valence-corrected chi connectivity index (χ4v) is 3.55. The molecule has 0 radical (unpaired) electrons. The Hall–Kier alpha value is 0.870. The summed E-state index contributed by atoms with van der Waals surface area (Å²) in [5.41, 5.74) is 0. The van der Waals surface area contributed by atoms with Crippen LogP contribution >= 0.6 is 55.6 Å². The summed E-state index contributed by atoms with van der Waals surface area (Å²) in [6.45, 7) is 3.15. The Morgan fingerprint density at radius 3 is 2.64 bits per heavy atom. The average molecular weight is 363 g/mol. The lowest BCUT2D eigenvalue weighted by molar-refractivity contribution is 0.435. The van der Waals surface area contributed by atoms with Crippen molar-refractivity contribution < 1.29 is 0 Å². The maximum Gasteiger partial charge on any atom is 0.0843 e. The first-order chi connectivity index (χ1) is 6.27. The molecule has 1 atom stereocenters. The van der Waals surface area contributed by atoms with Crippen LogP contribution in [0.3, 0.4) is 0 Å². The molecule has 0 amide bonds. The second kappa shape index (κ2) is 5.82. The van der Waals surface area contributed by atoms with Crippen molar-refractivity contribution in [1.29, 1.82) is 0 Å². The number of piperazine rings is 1. The maximum atomic E-state index is 3.51. The fourth-order valence-electron chi connectivity index (χ4n) is 1.39. The van der Waals surface area contributed by atoms with Gasteiger partial charge in [-0.25, -0.2) is 0 Å². The molecule has 0 bridgehead atoms. The van der Waals surface area contributed by atoms with E-state index in [0.29, 0.717) is 6.04 Å². The molecule has 0 saturated carbocycles. The zero-order chi connectivity index (χ0) is 9.26. The molecule has 2 N–H and O–H groups in total. The van der Waals surface area contributed by atoms with Crippen LogP contribution in [0.15, 0.2) is 14.3 Å². The summed E-state index contributed by atoms with van der Waals surface area (Å²) in [5, 5.41) is 6.86. The molecule has 0 aliphatic carbocycles. The van der Waals surface area contributed by atoms with Gasteiger partial charge in [0.2, 0.25) is 0 Å². The number of hydrogen-bond acceptors (Lipinski definition) is 3. The lowest BCUT2D eigenvalue weighted by Crippen LogP contribution is -2.42. The van der Waals surface area contributed by atoms with E-state index in [1.54, 1.807) is 11.3 Å². The van der Waals surface area contributed by atoms with E-state index in [0.717, 1.165) is 24.1 Å². The third-order valence-electron chi connectivity index (χ3n) is 2.05. The smallest absolute Gasteiger partial charge is 0.0843 e. The standard InChI is InChI=1S/C8H10Br2N2S.ClH/c9-5-3-7(13-8(5)10)6-4-11-1-2-12-6;/h3,6,11-12H,1-2,4H2;1H/t6-;/m0./s1. The van der Waals surface area contributed by atoms with Crippen LogP contribution in [0.4, 0.5) is 0 Å². The minimum atomic E-state index is 0. The van der Waals surface area contributed by atoms with E-state index in [1.807, 2.05) is 0 Å². The van der Waals surface area contributed by atoms with Crippen molar-refractivity contribution in [3.63, 3.8) is 0 Å². The van der Waals surface area contributed by atoms with Crippen LogP contribution in [0.2, 0.25) is 0 Å². The van der Waals surface area contributed by atoms with Crippen LogP contribution < -0.4 is 10.6 Å². The van der Waals surface area contributed by atoms with Crippen molar-refractivity contribution in [2.45, 2.75) is 6.04 Å². The summed E-state index contributed by atoms with van der Waals surface area (Å²) in [5.74, 6) is 0. The second-order valence-corrected chi connectivity index (χ2v) is 6.24. The van der Waals surface area contributed by atoms with E-state index in [-0.39, 0.29) is 12.4 Å². The molecule has 2 rings (SSSR count). The summed E-state index contributed by atoms with van der Waals surface area (Å²) in [6.07, 6.45) is 0. The van der Waals surface area contributed by atoms with Gasteiger partial charge in [-0.15, -0.1) is 23.7 Å². The van der Waals surface area contributed by atoms with Gasteiger partial charge in [-0.3, -0.25) is 0 Å². The first-order valence-corrected chi connectivity index (χ1v) is 6.56. The van der Waals surface area contributed by atoms with E-state index >= 15 is 0 Å². The van der Waals surface area contributed by atoms with Crippen LogP contribution in [0.1, 0.15) is 10.9 Å². The van der Waals surface area contributed by atoms with Crippen molar-refractivity contribution in [1.82, 2.24) is 10.6 Å². The third kappa shape index (κ3) is 2.93. The number of rotatable bonds is 1. The predicted molar refractivity (Wildman–Crippen MR) is 70.6 cm³/mol. The summed E-state index contributed by atoms with van der Waals surface area (Å²) in [7, 11) is 0. The molecule has 1 aromatic rings. The van der Waals surface area contributed by atoms with Gasteiger partial charge >= 0.3 is 0 Å². The largest absolute Gasteiger partial charge is 0.314 e. The highest BCUT2D eigenvalue weighted by molar-refractivity contribution is 9.13. The fraction of sp³-hybridized carbons (Fsp3) is 0.500. The minimum absolute atomic E-state index is 0. The molecule has 6 heteroatoms. The van der Waals surface area contributed by atoms with Crippen LogP contribution in [0.25, 0.3) is 0 Å². The first-order valence-electron chi connectivity index (χ1n) is 4.16. The molecule has 0 aromatic carbocycles. The van der Waals surface area contributed by atoms with Gasteiger partial charge in [-0.2, -0.15) is 0 Å². The molecule has 2 heterocycles. The van der Waals surface area contributed by atoms with Crippen molar-refractivity contribution in [3.8, 4) is 0 Å². The van der Waals surface area contributed by atoms with Crippen LogP contribution in [-0.4, -0.2) is 19.6 Å². The Labute approximate surface area is 111 Å². The maximum absolute atomic E-state index is 3.51. The first kappa shape index (κ1) is 12.9. The van der Waals surface area contributed by atoms with Crippen LogP contribution in [0.5, 0.6) is 0 Å². The molecule has 14 heavy (non-hydrogen) atoms. The van der Waals surface area contributed by atoms with E-state index < -0.39 is 0 Å². The van der Waals surface area contributed by atoms with Gasteiger partial charge < -0.3 is 10.6 Å². The van der Waals surface area contributed by atoms with E-state index in [2.05, 4.69) is 48.6 Å². The van der Waals surface area contributed by atoms with Crippen molar-refractivity contribution in [2.75, 3.05) is 19.6 Å². The van der Waals surface area contributed by atoms with Gasteiger partial charge in [-0.05, 0) is 37.9 Å². The molecule has 1 saturated heterocycles. The van der Waals surface area contributed by atoms with Gasteiger partial charge in [-0.1, -0.05) is 0 Å². The van der Waals surface area contributed by atoms with Gasteiger partial charge in [0.1, 0.15) is 0 Å². The van der Waals surface area contributed by atoms with Crippen molar-refractivity contribution in [2.24, 2.45) is 0 Å². The summed E-state index contributed by atoms with van der Waals surface area (Å²) < 4.78 is 2.33. The highest BCUT2D eigenvalue weighted by Crippen LogP contribution is 2.35. The quantitative estimate of drug-likeness (QED) is 0.803. The Morgan fingerprint density at radius 1 is 1.36 bits per heavy atom. The van der Waals surface area contributed by atoms with Crippen LogP contribution in [-0.2, 0) is 0 Å². The van der Waals surface area contributed by atoms with Crippen molar-refractivity contribution in [3.05, 3.63) is 19.2 Å². The minimum Gasteiger partial charge on any atom is -0.314 e. The zero-order valence-electron chi connectivity index (χ0n) is 7.35. The van der Waals surface area contributed by atoms with Gasteiger partial charge in [0, 0.05) is 29.0 Å². The topological polar surface area (TPSA) is 24.1 Å². The van der Waals surface area contributed by atoms with Crippen LogP contribution in [0, 0.1) is 0 Å². The number of hydrogen-bond donors (Lipinski definition) is 2. The SMILES string of the molecule is Brc1cc([C@@H]2CNCCN2)sc1Br.Cl. The van der Waals surface area contributed by atoms with Gasteiger partial charge in [0.15, 0.2) is 0 Å². The highest BCUT2D eigenvalue weighted by Gasteiger charge is 2.17. The van der Waals surface area contributed by atoms with E-state index in [4.69, 9.17) is 0 Å². The number of halogens is 3. The molecule has 80 valence electrons. The Balaban J connectivity index is 0.000000980. The highest BCUT2D eigenvalue weighted by atomic mass is 79.9. The van der Waals surface area contributed by atoms with E-state index in [9.17, 15) is 0 Å². The van der Waals surface area contributed by atoms with E-state index in [1.165, 1.54) is 8.66 Å². The molecule has 1 fully saturated rings. The summed E-state index contributed by atoms with van der Waals surface area (Å²) >= 11 is 8.79.